The second-order valence-corrected chi connectivity index (χ2v) is 4.01. The number of aromatic nitrogens is 3. The van der Waals surface area contributed by atoms with Gasteiger partial charge >= 0.3 is 6.18 Å². The van der Waals surface area contributed by atoms with Gasteiger partial charge in [0.1, 0.15) is 19.0 Å². The maximum Gasteiger partial charge on any atom is 0.411 e. The van der Waals surface area contributed by atoms with E-state index in [0.29, 0.717) is 11.6 Å². The number of hydrogen-bond acceptors (Lipinski definition) is 3. The summed E-state index contributed by atoms with van der Waals surface area (Å²) in [6.07, 6.45) is -4.34. The summed E-state index contributed by atoms with van der Waals surface area (Å²) in [5.74, 6) is 1.02. The zero-order chi connectivity index (χ0) is 13.1. The van der Waals surface area contributed by atoms with Crippen molar-refractivity contribution in [2.75, 3.05) is 6.61 Å². The highest BCUT2D eigenvalue weighted by atomic mass is 35.5. The Morgan fingerprint density at radius 1 is 1.29 bits per heavy atom. The van der Waals surface area contributed by atoms with E-state index >= 15 is 0 Å². The van der Waals surface area contributed by atoms with Crippen LogP contribution in [0, 0.1) is 0 Å². The van der Waals surface area contributed by atoms with Crippen molar-refractivity contribution in [1.29, 1.82) is 0 Å². The van der Waals surface area contributed by atoms with Gasteiger partial charge in [-0.1, -0.05) is 0 Å². The van der Waals surface area contributed by atoms with Gasteiger partial charge in [0.25, 0.3) is 0 Å². The Kier molecular flexibility index (Phi) is 4.76. The summed E-state index contributed by atoms with van der Waals surface area (Å²) in [7, 11) is 0. The Hall–Kier alpha value is -0.820. The molecule has 4 nitrogen and oxygen atoms in total. The van der Waals surface area contributed by atoms with Gasteiger partial charge in [0.2, 0.25) is 0 Å². The molecule has 0 aliphatic carbocycles. The first-order chi connectivity index (χ1) is 7.85. The van der Waals surface area contributed by atoms with E-state index in [1.165, 1.54) is 0 Å². The van der Waals surface area contributed by atoms with E-state index in [4.69, 9.17) is 11.6 Å². The quantitative estimate of drug-likeness (QED) is 0.773. The molecule has 1 heterocycles. The third kappa shape index (κ3) is 4.16. The lowest BCUT2D eigenvalue weighted by Gasteiger charge is -2.13. The third-order valence-corrected chi connectivity index (χ3v) is 2.21. The largest absolute Gasteiger partial charge is 0.411 e. The number of halogens is 4. The standard InChI is InChI=1S/C9H13ClF3N3O/c1-6(2)16-7(3-10)14-15-8(16)4-17-5-9(11,12)13/h6H,3-5H2,1-2H3. The van der Waals surface area contributed by atoms with E-state index in [1.807, 2.05) is 13.8 Å². The average molecular weight is 272 g/mol. The first kappa shape index (κ1) is 14.2. The van der Waals surface area contributed by atoms with Gasteiger partial charge < -0.3 is 9.30 Å². The van der Waals surface area contributed by atoms with Crippen LogP contribution in [0.3, 0.4) is 0 Å². The molecule has 0 fully saturated rings. The lowest BCUT2D eigenvalue weighted by atomic mass is 10.3. The van der Waals surface area contributed by atoms with Crippen molar-refractivity contribution < 1.29 is 17.9 Å². The zero-order valence-electron chi connectivity index (χ0n) is 9.46. The van der Waals surface area contributed by atoms with Crippen LogP contribution in [-0.4, -0.2) is 27.5 Å². The molecule has 8 heteroatoms. The summed E-state index contributed by atoms with van der Waals surface area (Å²) in [6, 6.07) is 0.0169. The Labute approximate surface area is 102 Å². The molecular weight excluding hydrogens is 259 g/mol. The molecule has 17 heavy (non-hydrogen) atoms. The maximum absolute atomic E-state index is 11.9. The average Bonchev–Trinajstić information content (AvgIpc) is 2.58. The molecule has 1 aromatic rings. The zero-order valence-corrected chi connectivity index (χ0v) is 10.2. The van der Waals surface area contributed by atoms with Gasteiger partial charge in [0.05, 0.1) is 5.88 Å². The number of rotatable bonds is 5. The van der Waals surface area contributed by atoms with Crippen molar-refractivity contribution in [2.45, 2.75) is 38.6 Å². The highest BCUT2D eigenvalue weighted by Crippen LogP contribution is 2.17. The Balaban J connectivity index is 2.68. The van der Waals surface area contributed by atoms with Crippen molar-refractivity contribution in [3.8, 4) is 0 Å². The van der Waals surface area contributed by atoms with E-state index in [-0.39, 0.29) is 18.5 Å². The van der Waals surface area contributed by atoms with Crippen molar-refractivity contribution in [2.24, 2.45) is 0 Å². The number of hydrogen-bond donors (Lipinski definition) is 0. The number of alkyl halides is 4. The fourth-order valence-corrected chi connectivity index (χ4v) is 1.59. The van der Waals surface area contributed by atoms with Gasteiger partial charge in [-0.25, -0.2) is 0 Å². The van der Waals surface area contributed by atoms with Crippen LogP contribution < -0.4 is 0 Å². The van der Waals surface area contributed by atoms with Crippen LogP contribution >= 0.6 is 11.6 Å². The van der Waals surface area contributed by atoms with Gasteiger partial charge in [-0.3, -0.25) is 0 Å². The summed E-state index contributed by atoms with van der Waals surface area (Å²) in [5, 5.41) is 7.55. The predicted molar refractivity (Wildman–Crippen MR) is 55.7 cm³/mol. The lowest BCUT2D eigenvalue weighted by Crippen LogP contribution is -2.18. The minimum Gasteiger partial charge on any atom is -0.364 e. The number of nitrogens with zero attached hydrogens (tertiary/aromatic N) is 3. The molecule has 0 N–H and O–H groups in total. The van der Waals surface area contributed by atoms with Crippen LogP contribution in [0.15, 0.2) is 0 Å². The molecule has 1 rings (SSSR count). The molecule has 0 saturated heterocycles. The minimum atomic E-state index is -4.34. The molecule has 1 aromatic heterocycles. The van der Waals surface area contributed by atoms with E-state index in [9.17, 15) is 13.2 Å². The van der Waals surface area contributed by atoms with Gasteiger partial charge in [0.15, 0.2) is 5.82 Å². The molecule has 0 unspecified atom stereocenters. The normalized spacial score (nSPS) is 12.4. The van der Waals surface area contributed by atoms with E-state index in [2.05, 4.69) is 14.9 Å². The fourth-order valence-electron chi connectivity index (χ4n) is 1.40. The minimum absolute atomic E-state index is 0.0169. The van der Waals surface area contributed by atoms with Crippen LogP contribution in [0.1, 0.15) is 31.5 Å². The molecular formula is C9H13ClF3N3O. The van der Waals surface area contributed by atoms with Crippen molar-refractivity contribution in [1.82, 2.24) is 14.8 Å². The van der Waals surface area contributed by atoms with Crippen LogP contribution in [0.4, 0.5) is 13.2 Å². The molecule has 0 radical (unpaired) electrons. The molecule has 98 valence electrons. The summed E-state index contributed by atoms with van der Waals surface area (Å²) in [6.45, 7) is 2.20. The molecule has 0 spiro atoms. The van der Waals surface area contributed by atoms with Gasteiger partial charge in [-0.15, -0.1) is 21.8 Å². The topological polar surface area (TPSA) is 39.9 Å². The molecule has 0 amide bonds. The summed E-state index contributed by atoms with van der Waals surface area (Å²) >= 11 is 5.65. The van der Waals surface area contributed by atoms with Crippen LogP contribution in [0.2, 0.25) is 0 Å². The maximum atomic E-state index is 11.9. The highest BCUT2D eigenvalue weighted by molar-refractivity contribution is 6.16. The van der Waals surface area contributed by atoms with Gasteiger partial charge in [-0.2, -0.15) is 13.2 Å². The lowest BCUT2D eigenvalue weighted by molar-refractivity contribution is -0.177. The molecule has 0 saturated carbocycles. The smallest absolute Gasteiger partial charge is 0.364 e. The second-order valence-electron chi connectivity index (χ2n) is 3.74. The first-order valence-electron chi connectivity index (χ1n) is 4.98. The number of ether oxygens (including phenoxy) is 1. The molecule has 0 aliphatic rings. The monoisotopic (exact) mass is 271 g/mol. The van der Waals surface area contributed by atoms with E-state index < -0.39 is 12.8 Å². The summed E-state index contributed by atoms with van der Waals surface area (Å²) in [4.78, 5) is 0. The predicted octanol–water partition coefficient (Wildman–Crippen LogP) is 2.68. The third-order valence-electron chi connectivity index (χ3n) is 1.97. The fraction of sp³-hybridized carbons (Fsp3) is 0.778. The van der Waals surface area contributed by atoms with Crippen molar-refractivity contribution >= 4 is 11.6 Å². The van der Waals surface area contributed by atoms with Crippen LogP contribution in [-0.2, 0) is 17.2 Å². The van der Waals surface area contributed by atoms with Crippen molar-refractivity contribution in [3.05, 3.63) is 11.6 Å². The summed E-state index contributed by atoms with van der Waals surface area (Å²) < 4.78 is 41.9. The Morgan fingerprint density at radius 3 is 2.35 bits per heavy atom. The van der Waals surface area contributed by atoms with Crippen LogP contribution in [0.5, 0.6) is 0 Å². The van der Waals surface area contributed by atoms with E-state index in [1.54, 1.807) is 4.57 Å². The molecule has 0 atom stereocenters. The van der Waals surface area contributed by atoms with Gasteiger partial charge in [0, 0.05) is 6.04 Å². The highest BCUT2D eigenvalue weighted by Gasteiger charge is 2.28. The summed E-state index contributed by atoms with van der Waals surface area (Å²) in [5.41, 5.74) is 0. The Morgan fingerprint density at radius 2 is 1.88 bits per heavy atom. The first-order valence-corrected chi connectivity index (χ1v) is 5.51. The molecule has 0 aromatic carbocycles. The van der Waals surface area contributed by atoms with Crippen molar-refractivity contribution in [3.63, 3.8) is 0 Å². The van der Waals surface area contributed by atoms with Gasteiger partial charge in [-0.05, 0) is 13.8 Å². The van der Waals surface area contributed by atoms with E-state index in [0.717, 1.165) is 0 Å². The molecule has 0 bridgehead atoms. The Bertz CT molecular complexity index is 365. The van der Waals surface area contributed by atoms with Crippen LogP contribution in [0.25, 0.3) is 0 Å². The second kappa shape index (κ2) is 5.68. The SMILES string of the molecule is CC(C)n1c(CCl)nnc1COCC(F)(F)F. The molecule has 0 aliphatic heterocycles.